The van der Waals surface area contributed by atoms with Crippen molar-refractivity contribution in [3.05, 3.63) is 23.2 Å². The number of amides is 2. The van der Waals surface area contributed by atoms with Gasteiger partial charge in [0, 0.05) is 43.9 Å². The smallest absolute Gasteiger partial charge is 0.325 e. The number of aliphatic hydroxyl groups excluding tert-OH is 1. The standard InChI is InChI=1S/C36H51N3O8/c1-35-18-27(41)30-23(10-9-22-17-26(40)31-32(36(22,30)2)47-33(46-31)21-7-5-4-6-8-21)24(35)11-12-25(35)28(42)20-45-29(43)19-37-34(44)39-15-13-38(3)14-16-39/h17,21,23-25,27,30,33,41H,4-16,18-20H2,1-3H3,(H,37,44)/t23?,24?,25-,27+,30?,33+,35+,36+/m1/s1. The maximum atomic E-state index is 13.6. The summed E-state index contributed by atoms with van der Waals surface area (Å²) in [7, 11) is 2.00. The average molecular weight is 654 g/mol. The van der Waals surface area contributed by atoms with Crippen molar-refractivity contribution >= 4 is 23.6 Å². The summed E-state index contributed by atoms with van der Waals surface area (Å²) in [6, 6.07) is -0.304. The molecule has 47 heavy (non-hydrogen) atoms. The van der Waals surface area contributed by atoms with Gasteiger partial charge < -0.3 is 34.4 Å². The first-order chi connectivity index (χ1) is 22.5. The van der Waals surface area contributed by atoms with Crippen molar-refractivity contribution in [2.75, 3.05) is 46.4 Å². The molecule has 11 heteroatoms. The third kappa shape index (κ3) is 5.59. The number of ether oxygens (including phenoxy) is 3. The summed E-state index contributed by atoms with van der Waals surface area (Å²) in [5, 5.41) is 14.6. The van der Waals surface area contributed by atoms with Crippen LogP contribution in [0.2, 0.25) is 0 Å². The van der Waals surface area contributed by atoms with Crippen molar-refractivity contribution in [1.82, 2.24) is 15.1 Å². The Morgan fingerprint density at radius 1 is 1.02 bits per heavy atom. The molecule has 0 aromatic heterocycles. The lowest BCUT2D eigenvalue weighted by Crippen LogP contribution is -2.57. The SMILES string of the molecule is CN1CCN(C(=O)NCC(=O)OCC(=O)[C@H]2CCC3C4CCC5=CC(=O)C6=C(O[C@@H](C7CCCCC7)O6)[C@]5(C)C4[C@@H](O)C[C@@]32C)CC1. The Balaban J connectivity index is 1.00. The summed E-state index contributed by atoms with van der Waals surface area (Å²) >= 11 is 0. The number of hydrogen-bond donors (Lipinski definition) is 2. The molecule has 3 unspecified atom stereocenters. The van der Waals surface area contributed by atoms with Crippen molar-refractivity contribution in [3.63, 3.8) is 0 Å². The Labute approximate surface area is 277 Å². The minimum absolute atomic E-state index is 0.126. The summed E-state index contributed by atoms with van der Waals surface area (Å²) in [6.07, 6.45) is 9.74. The van der Waals surface area contributed by atoms with Gasteiger partial charge in [-0.15, -0.1) is 0 Å². The highest BCUT2D eigenvalue weighted by molar-refractivity contribution is 6.05. The van der Waals surface area contributed by atoms with E-state index in [1.807, 2.05) is 7.05 Å². The largest absolute Gasteiger partial charge is 0.456 e. The predicted molar refractivity (Wildman–Crippen MR) is 170 cm³/mol. The van der Waals surface area contributed by atoms with Gasteiger partial charge in [0.15, 0.2) is 11.5 Å². The molecule has 5 aliphatic carbocycles. The molecule has 8 atom stereocenters. The lowest BCUT2D eigenvalue weighted by atomic mass is 9.46. The number of ketones is 2. The molecule has 5 fully saturated rings. The molecule has 2 N–H and O–H groups in total. The number of nitrogens with zero attached hydrogens (tertiary/aromatic N) is 2. The van der Waals surface area contributed by atoms with Gasteiger partial charge in [0.2, 0.25) is 17.8 Å². The molecule has 2 heterocycles. The minimum Gasteiger partial charge on any atom is -0.456 e. The molecule has 0 spiro atoms. The van der Waals surface area contributed by atoms with Crippen LogP contribution in [0.25, 0.3) is 0 Å². The van der Waals surface area contributed by atoms with E-state index in [1.165, 1.54) is 6.42 Å². The number of carbonyl (C=O) groups is 4. The third-order valence-electron chi connectivity index (χ3n) is 13.2. The zero-order chi connectivity index (χ0) is 33.1. The number of urea groups is 1. The van der Waals surface area contributed by atoms with Gasteiger partial charge >= 0.3 is 12.0 Å². The molecule has 0 bridgehead atoms. The molecule has 7 rings (SSSR count). The summed E-state index contributed by atoms with van der Waals surface area (Å²) in [4.78, 5) is 55.6. The molecular formula is C36H51N3O8. The van der Waals surface area contributed by atoms with E-state index < -0.39 is 29.2 Å². The first-order valence-corrected chi connectivity index (χ1v) is 17.9. The van der Waals surface area contributed by atoms with Crippen molar-refractivity contribution in [1.29, 1.82) is 0 Å². The van der Waals surface area contributed by atoms with Crippen LogP contribution in [0.5, 0.6) is 0 Å². The van der Waals surface area contributed by atoms with Crippen LogP contribution in [0.3, 0.4) is 0 Å². The van der Waals surface area contributed by atoms with Gasteiger partial charge in [-0.3, -0.25) is 14.4 Å². The van der Waals surface area contributed by atoms with E-state index in [-0.39, 0.29) is 60.3 Å². The maximum Gasteiger partial charge on any atom is 0.325 e. The minimum atomic E-state index is -0.699. The molecule has 7 aliphatic rings. The van der Waals surface area contributed by atoms with E-state index in [2.05, 4.69) is 24.1 Å². The third-order valence-corrected chi connectivity index (χ3v) is 13.2. The van der Waals surface area contributed by atoms with Gasteiger partial charge in [0.25, 0.3) is 0 Å². The number of allylic oxidation sites excluding steroid dienone is 2. The number of Topliss-reactive ketones (excluding diaryl/α,β-unsaturated/α-hetero) is 1. The zero-order valence-electron chi connectivity index (χ0n) is 28.1. The van der Waals surface area contributed by atoms with Gasteiger partial charge in [-0.1, -0.05) is 31.8 Å². The van der Waals surface area contributed by atoms with E-state index in [4.69, 9.17) is 14.2 Å². The number of nitrogens with one attached hydrogen (secondary N) is 1. The molecule has 2 aliphatic heterocycles. The lowest BCUT2D eigenvalue weighted by Gasteiger charge is -2.59. The van der Waals surface area contributed by atoms with E-state index in [1.54, 1.807) is 11.0 Å². The fourth-order valence-electron chi connectivity index (χ4n) is 10.7. The van der Waals surface area contributed by atoms with Crippen LogP contribution in [0, 0.1) is 40.4 Å². The maximum absolute atomic E-state index is 13.6. The number of hydrogen-bond acceptors (Lipinski definition) is 9. The van der Waals surface area contributed by atoms with E-state index in [0.717, 1.165) is 63.6 Å². The van der Waals surface area contributed by atoms with Crippen molar-refractivity contribution in [2.45, 2.75) is 90.4 Å². The Bertz CT molecular complexity index is 1360. The first-order valence-electron chi connectivity index (χ1n) is 17.9. The molecule has 258 valence electrons. The second kappa shape index (κ2) is 12.5. The van der Waals surface area contributed by atoms with Crippen molar-refractivity contribution in [2.24, 2.45) is 40.4 Å². The Hall–Kier alpha value is -2.92. The van der Waals surface area contributed by atoms with Crippen LogP contribution in [0.15, 0.2) is 23.2 Å². The van der Waals surface area contributed by atoms with Gasteiger partial charge in [0.1, 0.15) is 13.2 Å². The van der Waals surface area contributed by atoms with Crippen molar-refractivity contribution in [3.8, 4) is 0 Å². The predicted octanol–water partition coefficient (Wildman–Crippen LogP) is 3.56. The molecule has 4 saturated carbocycles. The number of fused-ring (bicyclic) bond motifs is 6. The number of rotatable bonds is 6. The fourth-order valence-corrected chi connectivity index (χ4v) is 10.7. The number of esters is 1. The van der Waals surface area contributed by atoms with Crippen LogP contribution in [-0.2, 0) is 28.6 Å². The molecule has 0 aromatic carbocycles. The highest BCUT2D eigenvalue weighted by atomic mass is 16.7. The highest BCUT2D eigenvalue weighted by Gasteiger charge is 2.66. The monoisotopic (exact) mass is 653 g/mol. The molecule has 2 amide bonds. The lowest BCUT2D eigenvalue weighted by molar-refractivity contribution is -0.155. The number of carbonyl (C=O) groups excluding carboxylic acids is 4. The average Bonchev–Trinajstić information content (AvgIpc) is 3.67. The quantitative estimate of drug-likeness (QED) is 0.413. The Morgan fingerprint density at radius 2 is 1.77 bits per heavy atom. The van der Waals surface area contributed by atoms with Crippen LogP contribution < -0.4 is 5.32 Å². The van der Waals surface area contributed by atoms with Crippen molar-refractivity contribution < 1.29 is 38.5 Å². The first kappa shape index (κ1) is 32.6. The summed E-state index contributed by atoms with van der Waals surface area (Å²) in [5.74, 6) is 0.196. The Morgan fingerprint density at radius 3 is 2.51 bits per heavy atom. The number of aliphatic hydroxyl groups is 1. The van der Waals surface area contributed by atoms with Gasteiger partial charge in [-0.25, -0.2) is 4.79 Å². The van der Waals surface area contributed by atoms with Gasteiger partial charge in [-0.2, -0.15) is 0 Å². The zero-order valence-corrected chi connectivity index (χ0v) is 28.1. The normalized spacial score (nSPS) is 38.7. The molecule has 1 saturated heterocycles. The highest BCUT2D eigenvalue weighted by Crippen LogP contribution is 2.68. The second-order valence-corrected chi connectivity index (χ2v) is 15.7. The molecule has 0 aromatic rings. The number of piperazine rings is 1. The van der Waals surface area contributed by atoms with Gasteiger partial charge in [0.05, 0.1) is 11.5 Å². The molecule has 11 nitrogen and oxygen atoms in total. The topological polar surface area (TPSA) is 135 Å². The number of likely N-dealkylation sites (N-methyl/N-ethyl adjacent to an activating group) is 1. The molecule has 0 radical (unpaired) electrons. The fraction of sp³-hybridized carbons (Fsp3) is 0.778. The Kier molecular flexibility index (Phi) is 8.68. The summed E-state index contributed by atoms with van der Waals surface area (Å²) in [5.41, 5.74) is -0.0469. The van der Waals surface area contributed by atoms with Crippen LogP contribution in [0.4, 0.5) is 4.79 Å². The van der Waals surface area contributed by atoms with E-state index in [0.29, 0.717) is 37.4 Å². The van der Waals surface area contributed by atoms with Crippen LogP contribution in [0.1, 0.15) is 78.1 Å². The van der Waals surface area contributed by atoms with E-state index >= 15 is 0 Å². The van der Waals surface area contributed by atoms with Crippen LogP contribution in [-0.4, -0.2) is 97.2 Å². The summed E-state index contributed by atoms with van der Waals surface area (Å²) in [6.45, 7) is 6.40. The summed E-state index contributed by atoms with van der Waals surface area (Å²) < 4.78 is 18.3. The van der Waals surface area contributed by atoms with Gasteiger partial charge in [-0.05, 0) is 82.2 Å². The molecular weight excluding hydrogens is 602 g/mol. The van der Waals surface area contributed by atoms with E-state index in [9.17, 15) is 24.3 Å². The second-order valence-electron chi connectivity index (χ2n) is 15.7. The van der Waals surface area contributed by atoms with Crippen LogP contribution >= 0.6 is 0 Å².